The predicted octanol–water partition coefficient (Wildman–Crippen LogP) is 3.35. The summed E-state index contributed by atoms with van der Waals surface area (Å²) in [6.45, 7) is 4.78. The van der Waals surface area contributed by atoms with Crippen LogP contribution in [0.1, 0.15) is 17.5 Å². The van der Waals surface area contributed by atoms with Crippen LogP contribution in [-0.2, 0) is 6.54 Å². The molecule has 0 spiro atoms. The highest BCUT2D eigenvalue weighted by Crippen LogP contribution is 2.17. The minimum absolute atomic E-state index is 0.733. The first-order valence-corrected chi connectivity index (χ1v) is 6.85. The summed E-state index contributed by atoms with van der Waals surface area (Å²) in [4.78, 5) is 2.39. The minimum Gasteiger partial charge on any atom is -0.367 e. The van der Waals surface area contributed by atoms with Gasteiger partial charge in [0, 0.05) is 18.8 Å². The molecule has 0 bridgehead atoms. The van der Waals surface area contributed by atoms with E-state index in [-0.39, 0.29) is 0 Å². The zero-order valence-electron chi connectivity index (χ0n) is 11.5. The van der Waals surface area contributed by atoms with Crippen molar-refractivity contribution in [2.75, 3.05) is 18.0 Å². The lowest BCUT2D eigenvalue weighted by Crippen LogP contribution is -2.25. The number of benzene rings is 2. The molecular formula is C17H22N2. The van der Waals surface area contributed by atoms with Crippen LogP contribution >= 0.6 is 0 Å². The van der Waals surface area contributed by atoms with Crippen molar-refractivity contribution in [3.05, 3.63) is 65.7 Å². The summed E-state index contributed by atoms with van der Waals surface area (Å²) in [5.74, 6) is 0. The maximum Gasteiger partial charge on any atom is 0.0429 e. The second kappa shape index (κ2) is 6.95. The second-order valence-corrected chi connectivity index (χ2v) is 4.88. The van der Waals surface area contributed by atoms with Crippen LogP contribution in [0.2, 0.25) is 0 Å². The number of nitrogens with zero attached hydrogens (tertiary/aromatic N) is 1. The number of para-hydroxylation sites is 1. The third-order valence-electron chi connectivity index (χ3n) is 3.25. The zero-order chi connectivity index (χ0) is 13.5. The summed E-state index contributed by atoms with van der Waals surface area (Å²) in [5, 5.41) is 0. The molecule has 0 saturated carbocycles. The third kappa shape index (κ3) is 4.11. The number of hydrogen-bond donors (Lipinski definition) is 1. The van der Waals surface area contributed by atoms with E-state index in [4.69, 9.17) is 5.73 Å². The monoisotopic (exact) mass is 254 g/mol. The Morgan fingerprint density at radius 3 is 2.26 bits per heavy atom. The van der Waals surface area contributed by atoms with Crippen molar-refractivity contribution in [2.24, 2.45) is 5.73 Å². The first-order valence-electron chi connectivity index (χ1n) is 6.85. The third-order valence-corrected chi connectivity index (χ3v) is 3.25. The van der Waals surface area contributed by atoms with Crippen molar-refractivity contribution in [1.29, 1.82) is 0 Å². The summed E-state index contributed by atoms with van der Waals surface area (Å²) in [5.41, 5.74) is 9.54. The molecule has 0 aliphatic heterocycles. The maximum atomic E-state index is 5.64. The Balaban J connectivity index is 2.11. The van der Waals surface area contributed by atoms with Crippen molar-refractivity contribution in [2.45, 2.75) is 19.9 Å². The van der Waals surface area contributed by atoms with E-state index in [2.05, 4.69) is 66.4 Å². The van der Waals surface area contributed by atoms with Gasteiger partial charge in [-0.05, 0) is 37.6 Å². The summed E-state index contributed by atoms with van der Waals surface area (Å²) < 4.78 is 0. The molecular weight excluding hydrogens is 232 g/mol. The summed E-state index contributed by atoms with van der Waals surface area (Å²) in [6.07, 6.45) is 1.01. The van der Waals surface area contributed by atoms with Crippen LogP contribution in [0, 0.1) is 6.92 Å². The van der Waals surface area contributed by atoms with Crippen LogP contribution in [-0.4, -0.2) is 13.1 Å². The molecule has 0 aromatic heterocycles. The number of hydrogen-bond acceptors (Lipinski definition) is 2. The van der Waals surface area contributed by atoms with E-state index >= 15 is 0 Å². The van der Waals surface area contributed by atoms with Gasteiger partial charge >= 0.3 is 0 Å². The van der Waals surface area contributed by atoms with Crippen LogP contribution in [0.3, 0.4) is 0 Å². The van der Waals surface area contributed by atoms with Gasteiger partial charge in [-0.1, -0.05) is 48.0 Å². The highest BCUT2D eigenvalue weighted by Gasteiger charge is 2.06. The van der Waals surface area contributed by atoms with E-state index in [0.29, 0.717) is 0 Å². The normalized spacial score (nSPS) is 10.4. The fourth-order valence-corrected chi connectivity index (χ4v) is 2.13. The van der Waals surface area contributed by atoms with Crippen molar-refractivity contribution in [1.82, 2.24) is 0 Å². The van der Waals surface area contributed by atoms with Crippen LogP contribution in [0.25, 0.3) is 0 Å². The molecule has 0 saturated heterocycles. The van der Waals surface area contributed by atoms with Crippen molar-refractivity contribution >= 4 is 5.69 Å². The van der Waals surface area contributed by atoms with E-state index in [1.807, 2.05) is 0 Å². The van der Waals surface area contributed by atoms with E-state index in [1.165, 1.54) is 16.8 Å². The summed E-state index contributed by atoms with van der Waals surface area (Å²) >= 11 is 0. The van der Waals surface area contributed by atoms with Gasteiger partial charge in [-0.15, -0.1) is 0 Å². The molecule has 0 atom stereocenters. The second-order valence-electron chi connectivity index (χ2n) is 4.88. The Morgan fingerprint density at radius 2 is 1.63 bits per heavy atom. The number of aryl methyl sites for hydroxylation is 1. The smallest absolute Gasteiger partial charge is 0.0429 e. The Kier molecular flexibility index (Phi) is 4.99. The Hall–Kier alpha value is -1.80. The fraction of sp³-hybridized carbons (Fsp3) is 0.294. The maximum absolute atomic E-state index is 5.64. The summed E-state index contributed by atoms with van der Waals surface area (Å²) in [7, 11) is 0. The fourth-order valence-electron chi connectivity index (χ4n) is 2.13. The molecule has 0 aliphatic rings. The number of anilines is 1. The quantitative estimate of drug-likeness (QED) is 0.856. The lowest BCUT2D eigenvalue weighted by atomic mass is 10.1. The number of nitrogens with two attached hydrogens (primary N) is 1. The predicted molar refractivity (Wildman–Crippen MR) is 82.3 cm³/mol. The average molecular weight is 254 g/mol. The molecule has 0 heterocycles. The largest absolute Gasteiger partial charge is 0.367 e. The highest BCUT2D eigenvalue weighted by atomic mass is 15.1. The van der Waals surface area contributed by atoms with E-state index in [9.17, 15) is 0 Å². The molecule has 100 valence electrons. The molecule has 0 unspecified atom stereocenters. The van der Waals surface area contributed by atoms with Gasteiger partial charge < -0.3 is 10.6 Å². The van der Waals surface area contributed by atoms with Gasteiger partial charge in [0.25, 0.3) is 0 Å². The van der Waals surface area contributed by atoms with Gasteiger partial charge in [0.2, 0.25) is 0 Å². The lowest BCUT2D eigenvalue weighted by Gasteiger charge is -2.25. The van der Waals surface area contributed by atoms with Gasteiger partial charge in [0.05, 0.1) is 0 Å². The van der Waals surface area contributed by atoms with E-state index < -0.39 is 0 Å². The number of rotatable bonds is 6. The molecule has 19 heavy (non-hydrogen) atoms. The standard InChI is InChI=1S/C17H22N2/c1-15-8-10-16(11-9-15)14-19(13-5-12-18)17-6-3-2-4-7-17/h2-4,6-11H,5,12-14,18H2,1H3. The Morgan fingerprint density at radius 1 is 0.947 bits per heavy atom. The van der Waals surface area contributed by atoms with Gasteiger partial charge in [0.15, 0.2) is 0 Å². The van der Waals surface area contributed by atoms with Gasteiger partial charge in [-0.25, -0.2) is 0 Å². The molecule has 0 amide bonds. The SMILES string of the molecule is Cc1ccc(CN(CCCN)c2ccccc2)cc1. The molecule has 2 aromatic carbocycles. The van der Waals surface area contributed by atoms with Gasteiger partial charge in [0.1, 0.15) is 0 Å². The average Bonchev–Trinajstić information content (AvgIpc) is 2.46. The topological polar surface area (TPSA) is 29.3 Å². The van der Waals surface area contributed by atoms with Crippen molar-refractivity contribution in [3.8, 4) is 0 Å². The molecule has 2 rings (SSSR count). The minimum atomic E-state index is 0.733. The van der Waals surface area contributed by atoms with Crippen LogP contribution in [0.15, 0.2) is 54.6 Å². The summed E-state index contributed by atoms with van der Waals surface area (Å²) in [6, 6.07) is 19.3. The first-order chi connectivity index (χ1) is 9.29. The molecule has 0 fully saturated rings. The Bertz CT molecular complexity index is 476. The van der Waals surface area contributed by atoms with E-state index in [1.54, 1.807) is 0 Å². The van der Waals surface area contributed by atoms with Crippen LogP contribution in [0.4, 0.5) is 5.69 Å². The molecule has 2 nitrogen and oxygen atoms in total. The molecule has 2 N–H and O–H groups in total. The van der Waals surface area contributed by atoms with Gasteiger partial charge in [-0.2, -0.15) is 0 Å². The van der Waals surface area contributed by atoms with E-state index in [0.717, 1.165) is 26.1 Å². The van der Waals surface area contributed by atoms with Crippen LogP contribution < -0.4 is 10.6 Å². The zero-order valence-corrected chi connectivity index (χ0v) is 11.5. The first kappa shape index (κ1) is 13.6. The van der Waals surface area contributed by atoms with Gasteiger partial charge in [-0.3, -0.25) is 0 Å². The molecule has 2 heteroatoms. The Labute approximate surface area is 115 Å². The van der Waals surface area contributed by atoms with Crippen molar-refractivity contribution < 1.29 is 0 Å². The van der Waals surface area contributed by atoms with Crippen molar-refractivity contribution in [3.63, 3.8) is 0 Å². The van der Waals surface area contributed by atoms with Crippen LogP contribution in [0.5, 0.6) is 0 Å². The lowest BCUT2D eigenvalue weighted by molar-refractivity contribution is 0.736. The molecule has 2 aromatic rings. The molecule has 0 radical (unpaired) electrons. The highest BCUT2D eigenvalue weighted by molar-refractivity contribution is 5.46. The molecule has 0 aliphatic carbocycles.